The number of hydrogen-bond acceptors (Lipinski definition) is 10. The fourth-order valence-electron chi connectivity index (χ4n) is 3.36. The number of aryl methyl sites for hydroxylation is 1. The van der Waals surface area contributed by atoms with Gasteiger partial charge >= 0.3 is 12.0 Å². The number of nitro benzene ring substituents is 2. The number of rotatable bonds is 8. The highest BCUT2D eigenvalue weighted by Gasteiger charge is 2.27. The minimum Gasteiger partial charge on any atom is -0.424 e. The third-order valence-corrected chi connectivity index (χ3v) is 6.49. The van der Waals surface area contributed by atoms with Crippen molar-refractivity contribution in [3.8, 4) is 11.8 Å². The summed E-state index contributed by atoms with van der Waals surface area (Å²) in [6.07, 6.45) is 2.72. The van der Waals surface area contributed by atoms with E-state index in [1.165, 1.54) is 60.9 Å². The van der Waals surface area contributed by atoms with Crippen LogP contribution in [0.5, 0.6) is 11.8 Å². The smallest absolute Gasteiger partial charge is 0.339 e. The molecule has 3 amide bonds. The summed E-state index contributed by atoms with van der Waals surface area (Å²) in [5, 5.41) is 25.4. The molecule has 1 heterocycles. The summed E-state index contributed by atoms with van der Waals surface area (Å²) in [5.41, 5.74) is -0.348. The fourth-order valence-corrected chi connectivity index (χ4v) is 4.38. The summed E-state index contributed by atoms with van der Waals surface area (Å²) < 4.78 is 6.69. The van der Waals surface area contributed by atoms with Crippen LogP contribution in [0, 0.1) is 27.2 Å². The number of para-hydroxylation sites is 2. The van der Waals surface area contributed by atoms with E-state index in [9.17, 15) is 29.8 Å². The third kappa shape index (κ3) is 6.48. The molecule has 0 saturated carbocycles. The molecule has 4 aromatic rings. The average Bonchev–Trinajstić information content (AvgIpc) is 2.94. The first-order valence-electron chi connectivity index (χ1n) is 11.2. The van der Waals surface area contributed by atoms with Gasteiger partial charge in [0.05, 0.1) is 33.0 Å². The molecule has 0 spiro atoms. The van der Waals surface area contributed by atoms with E-state index in [0.29, 0.717) is 28.3 Å². The molecule has 1 aromatic heterocycles. The highest BCUT2D eigenvalue weighted by Crippen LogP contribution is 2.37. The van der Waals surface area contributed by atoms with Crippen molar-refractivity contribution < 1.29 is 24.2 Å². The van der Waals surface area contributed by atoms with Crippen LogP contribution in [-0.2, 0) is 0 Å². The fraction of sp³-hybridized carbons (Fsp3) is 0.0400. The van der Waals surface area contributed by atoms with Gasteiger partial charge in [-0.3, -0.25) is 30.3 Å². The first-order valence-corrected chi connectivity index (χ1v) is 12.4. The number of urea groups is 1. The molecular formula is C25H17ClN6O7S. The second-order valence-corrected chi connectivity index (χ2v) is 9.30. The van der Waals surface area contributed by atoms with E-state index in [4.69, 9.17) is 16.3 Å². The van der Waals surface area contributed by atoms with E-state index < -0.39 is 27.5 Å². The lowest BCUT2D eigenvalue weighted by Gasteiger charge is -2.22. The lowest BCUT2D eigenvalue weighted by molar-refractivity contribution is -0.387. The van der Waals surface area contributed by atoms with Crippen LogP contribution in [0.25, 0.3) is 0 Å². The molecule has 0 aliphatic rings. The highest BCUT2D eigenvalue weighted by atomic mass is 35.5. The number of carbonyl (C=O) groups is 2. The van der Waals surface area contributed by atoms with Gasteiger partial charge in [-0.15, -0.1) is 0 Å². The van der Waals surface area contributed by atoms with E-state index in [1.54, 1.807) is 19.1 Å². The second kappa shape index (κ2) is 12.2. The zero-order chi connectivity index (χ0) is 28.8. The van der Waals surface area contributed by atoms with Crippen LogP contribution in [-0.4, -0.2) is 31.8 Å². The zero-order valence-electron chi connectivity index (χ0n) is 20.4. The number of anilines is 1. The van der Waals surface area contributed by atoms with E-state index in [2.05, 4.69) is 15.3 Å². The number of halogens is 1. The van der Waals surface area contributed by atoms with E-state index in [1.807, 2.05) is 0 Å². The van der Waals surface area contributed by atoms with Gasteiger partial charge in [0.25, 0.3) is 17.3 Å². The SMILES string of the molecule is Cc1cc(N(Sc2ccccc2[N+](=O)[O-])C(=O)NC(=O)c2ccccc2[N+](=O)[O-])ccc1Oc1ncc(Cl)cn1. The second-order valence-electron chi connectivity index (χ2n) is 7.88. The molecule has 0 unspecified atom stereocenters. The van der Waals surface area contributed by atoms with Gasteiger partial charge in [-0.25, -0.2) is 19.1 Å². The number of carbonyl (C=O) groups excluding carboxylic acids is 2. The topological polar surface area (TPSA) is 171 Å². The average molecular weight is 581 g/mol. The van der Waals surface area contributed by atoms with Gasteiger partial charge in [0.2, 0.25) is 0 Å². The Labute approximate surface area is 235 Å². The largest absolute Gasteiger partial charge is 0.424 e. The molecule has 0 aliphatic heterocycles. The maximum absolute atomic E-state index is 13.4. The van der Waals surface area contributed by atoms with Crippen molar-refractivity contribution in [3.05, 3.63) is 116 Å². The number of ether oxygens (including phenoxy) is 1. The van der Waals surface area contributed by atoms with Crippen LogP contribution in [0.1, 0.15) is 15.9 Å². The summed E-state index contributed by atoms with van der Waals surface area (Å²) in [4.78, 5) is 55.9. The Bertz CT molecular complexity index is 1620. The van der Waals surface area contributed by atoms with Gasteiger partial charge < -0.3 is 4.74 Å². The summed E-state index contributed by atoms with van der Waals surface area (Å²) >= 11 is 6.49. The van der Waals surface area contributed by atoms with Crippen molar-refractivity contribution in [3.63, 3.8) is 0 Å². The molecule has 15 heteroatoms. The van der Waals surface area contributed by atoms with Gasteiger partial charge in [0.15, 0.2) is 0 Å². The zero-order valence-corrected chi connectivity index (χ0v) is 22.0. The molecule has 4 rings (SSSR count). The lowest BCUT2D eigenvalue weighted by Crippen LogP contribution is -2.39. The Morgan fingerprint density at radius 3 is 2.23 bits per heavy atom. The molecule has 40 heavy (non-hydrogen) atoms. The van der Waals surface area contributed by atoms with E-state index in [0.717, 1.165) is 10.4 Å². The quantitative estimate of drug-likeness (QED) is 0.145. The highest BCUT2D eigenvalue weighted by molar-refractivity contribution is 8.01. The third-order valence-electron chi connectivity index (χ3n) is 5.19. The Balaban J connectivity index is 1.68. The number of hydrogen-bond donors (Lipinski definition) is 1. The molecule has 3 aromatic carbocycles. The first-order chi connectivity index (χ1) is 19.1. The molecule has 13 nitrogen and oxygen atoms in total. The van der Waals surface area contributed by atoms with Crippen LogP contribution >= 0.6 is 23.5 Å². The standard InChI is InChI=1S/C25H17ClN6O7S/c1-15-12-17(10-11-21(15)39-24-27-13-16(26)14-28-24)30(40-22-9-5-4-8-20(22)32(37)38)25(34)29-23(33)18-6-2-3-7-19(18)31(35)36/h2-14H,1H3,(H,29,33,34). The monoisotopic (exact) mass is 580 g/mol. The summed E-state index contributed by atoms with van der Waals surface area (Å²) in [6, 6.07) is 14.4. The minimum atomic E-state index is -1.03. The molecule has 0 aliphatic carbocycles. The molecule has 0 bridgehead atoms. The molecular weight excluding hydrogens is 564 g/mol. The normalized spacial score (nSPS) is 10.4. The van der Waals surface area contributed by atoms with Crippen LogP contribution in [0.15, 0.2) is 84.0 Å². The minimum absolute atomic E-state index is 0.0270. The Morgan fingerprint density at radius 1 is 0.950 bits per heavy atom. The lowest BCUT2D eigenvalue weighted by atomic mass is 10.1. The van der Waals surface area contributed by atoms with Crippen molar-refractivity contribution in [2.24, 2.45) is 0 Å². The van der Waals surface area contributed by atoms with Crippen molar-refractivity contribution in [1.82, 2.24) is 15.3 Å². The van der Waals surface area contributed by atoms with Crippen molar-refractivity contribution in [2.75, 3.05) is 4.31 Å². The molecule has 0 saturated heterocycles. The van der Waals surface area contributed by atoms with Crippen LogP contribution in [0.2, 0.25) is 5.02 Å². The van der Waals surface area contributed by atoms with Crippen LogP contribution < -0.4 is 14.4 Å². The summed E-state index contributed by atoms with van der Waals surface area (Å²) in [5.74, 6) is -0.680. The predicted molar refractivity (Wildman–Crippen MR) is 146 cm³/mol. The maximum atomic E-state index is 13.4. The number of amides is 3. The van der Waals surface area contributed by atoms with E-state index >= 15 is 0 Å². The van der Waals surface area contributed by atoms with Crippen molar-refractivity contribution in [1.29, 1.82) is 0 Å². The number of nitrogens with zero attached hydrogens (tertiary/aromatic N) is 5. The number of nitro groups is 2. The predicted octanol–water partition coefficient (Wildman–Crippen LogP) is 6.11. The summed E-state index contributed by atoms with van der Waals surface area (Å²) in [7, 11) is 0. The molecule has 0 atom stereocenters. The molecule has 0 fully saturated rings. The van der Waals surface area contributed by atoms with Crippen molar-refractivity contribution >= 4 is 52.5 Å². The number of aromatic nitrogens is 2. The van der Waals surface area contributed by atoms with Gasteiger partial charge in [-0.2, -0.15) is 0 Å². The number of nitrogens with one attached hydrogen (secondary N) is 1. The summed E-state index contributed by atoms with van der Waals surface area (Å²) in [6.45, 7) is 1.68. The Morgan fingerprint density at radius 2 is 1.57 bits per heavy atom. The van der Waals surface area contributed by atoms with Gasteiger partial charge in [-0.1, -0.05) is 35.9 Å². The van der Waals surface area contributed by atoms with Gasteiger partial charge in [-0.05, 0) is 42.8 Å². The van der Waals surface area contributed by atoms with Crippen LogP contribution in [0.3, 0.4) is 0 Å². The first kappa shape index (κ1) is 27.9. The maximum Gasteiger partial charge on any atom is 0.339 e. The van der Waals surface area contributed by atoms with Gasteiger partial charge in [0, 0.05) is 24.1 Å². The van der Waals surface area contributed by atoms with Crippen LogP contribution in [0.4, 0.5) is 21.9 Å². The van der Waals surface area contributed by atoms with E-state index in [-0.39, 0.29) is 27.8 Å². The Kier molecular flexibility index (Phi) is 8.51. The molecule has 202 valence electrons. The Hall–Kier alpha value is -5.08. The molecule has 1 N–H and O–H groups in total. The number of benzene rings is 3. The van der Waals surface area contributed by atoms with Crippen molar-refractivity contribution in [2.45, 2.75) is 11.8 Å². The number of imide groups is 1. The molecule has 0 radical (unpaired) electrons. The van der Waals surface area contributed by atoms with Gasteiger partial charge in [0.1, 0.15) is 16.2 Å².